The maximum absolute atomic E-state index is 15.6. The topological polar surface area (TPSA) is 83.9 Å². The third kappa shape index (κ3) is 5.79. The van der Waals surface area contributed by atoms with Gasteiger partial charge in [0, 0.05) is 37.1 Å². The molecule has 1 saturated carbocycles. The third-order valence-corrected chi connectivity index (χ3v) is 9.04. The Bertz CT molecular complexity index is 1440. The zero-order valence-corrected chi connectivity index (χ0v) is 21.8. The van der Waals surface area contributed by atoms with Crippen molar-refractivity contribution < 1.29 is 62.6 Å². The van der Waals surface area contributed by atoms with E-state index in [4.69, 9.17) is 4.74 Å². The summed E-state index contributed by atoms with van der Waals surface area (Å²) in [4.78, 5) is 11.2. The first kappa shape index (κ1) is 30.8. The number of sulfone groups is 1. The van der Waals surface area contributed by atoms with Crippen LogP contribution in [0, 0.1) is 17.2 Å². The van der Waals surface area contributed by atoms with Crippen LogP contribution in [0.1, 0.15) is 31.7 Å². The third-order valence-electron chi connectivity index (χ3n) is 7.12. The minimum atomic E-state index is -5.31. The van der Waals surface area contributed by atoms with Crippen LogP contribution in [0.5, 0.6) is 5.75 Å². The molecule has 1 fully saturated rings. The maximum Gasteiger partial charge on any atom is 0.420 e. The van der Waals surface area contributed by atoms with E-state index in [9.17, 15) is 53.4 Å². The number of rotatable bonds is 8. The van der Waals surface area contributed by atoms with Crippen LogP contribution in [-0.4, -0.2) is 50.0 Å². The molecule has 0 unspecified atom stereocenters. The number of carboxylic acids is 1. The van der Waals surface area contributed by atoms with Crippen molar-refractivity contribution in [1.29, 1.82) is 0 Å². The molecule has 2 aromatic rings. The maximum atomic E-state index is 15.6. The summed E-state index contributed by atoms with van der Waals surface area (Å²) < 4.78 is 158. The van der Waals surface area contributed by atoms with Crippen molar-refractivity contribution >= 4 is 27.2 Å². The van der Waals surface area contributed by atoms with Crippen molar-refractivity contribution in [2.75, 3.05) is 18.1 Å². The van der Waals surface area contributed by atoms with E-state index in [-0.39, 0.29) is 17.8 Å². The number of ether oxygens (including phenoxy) is 1. The summed E-state index contributed by atoms with van der Waals surface area (Å²) in [5.74, 6) is -13.0. The van der Waals surface area contributed by atoms with Gasteiger partial charge in [0.2, 0.25) is 21.3 Å². The van der Waals surface area contributed by atoms with Crippen molar-refractivity contribution in [3.8, 4) is 5.75 Å². The quantitative estimate of drug-likeness (QED) is 0.335. The zero-order valence-electron chi connectivity index (χ0n) is 21.0. The number of carboxylic acid groups (broad SMARTS) is 1. The summed E-state index contributed by atoms with van der Waals surface area (Å²) in [7, 11) is -5.22. The molecule has 4 rings (SSSR count). The second kappa shape index (κ2) is 9.98. The van der Waals surface area contributed by atoms with Crippen molar-refractivity contribution in [3.63, 3.8) is 0 Å². The van der Waals surface area contributed by atoms with E-state index in [0.29, 0.717) is 6.92 Å². The van der Waals surface area contributed by atoms with E-state index < -0.39 is 111 Å². The number of hydrogen-bond donors (Lipinski definition) is 1. The number of hydrogen-bond acceptors (Lipinski definition) is 5. The van der Waals surface area contributed by atoms with Crippen LogP contribution in [0.25, 0.3) is 0 Å². The average Bonchev–Trinajstić information content (AvgIpc) is 3.45. The van der Waals surface area contributed by atoms with E-state index in [1.54, 1.807) is 0 Å². The van der Waals surface area contributed by atoms with Crippen LogP contribution in [0.2, 0.25) is 0 Å². The molecule has 1 heterocycles. The van der Waals surface area contributed by atoms with Gasteiger partial charge < -0.3 is 14.7 Å². The van der Waals surface area contributed by atoms with Gasteiger partial charge in [-0.05, 0) is 43.7 Å². The van der Waals surface area contributed by atoms with Gasteiger partial charge in [-0.1, -0.05) is 0 Å². The highest BCUT2D eigenvalue weighted by Crippen LogP contribution is 2.61. The summed E-state index contributed by atoms with van der Waals surface area (Å²) >= 11 is 0. The molecule has 16 heteroatoms. The van der Waals surface area contributed by atoms with Crippen LogP contribution in [0.15, 0.2) is 41.3 Å². The number of fused-ring (bicyclic) bond motifs is 1. The molecule has 2 aliphatic rings. The van der Waals surface area contributed by atoms with Gasteiger partial charge in [0.05, 0.1) is 16.1 Å². The lowest BCUT2D eigenvalue weighted by molar-refractivity contribution is -0.149. The average molecular weight is 620 g/mol. The Balaban J connectivity index is 1.89. The Morgan fingerprint density at radius 1 is 1.12 bits per heavy atom. The molecular formula is C25H22F9NO5S. The molecule has 6 nitrogen and oxygen atoms in total. The Labute approximate surface area is 227 Å². The Hall–Kier alpha value is -3.17. The van der Waals surface area contributed by atoms with E-state index in [1.165, 1.54) is 0 Å². The van der Waals surface area contributed by atoms with Crippen LogP contribution >= 0.6 is 0 Å². The highest BCUT2D eigenvalue weighted by Gasteiger charge is 2.77. The molecule has 0 bridgehead atoms. The Kier molecular flexibility index (Phi) is 7.49. The summed E-state index contributed by atoms with van der Waals surface area (Å²) in [6.07, 6.45) is -8.22. The van der Waals surface area contributed by atoms with Gasteiger partial charge in [-0.3, -0.25) is 4.79 Å². The first-order valence-electron chi connectivity index (χ1n) is 12.0. The summed E-state index contributed by atoms with van der Waals surface area (Å²) in [5, 5.41) is 9.20. The summed E-state index contributed by atoms with van der Waals surface area (Å²) in [6.45, 7) is -1.66. The van der Waals surface area contributed by atoms with Crippen LogP contribution in [0.3, 0.4) is 0 Å². The lowest BCUT2D eigenvalue weighted by atomic mass is 10.00. The van der Waals surface area contributed by atoms with Gasteiger partial charge in [0.15, 0.2) is 5.41 Å². The van der Waals surface area contributed by atoms with Gasteiger partial charge in [0.1, 0.15) is 18.2 Å². The minimum absolute atomic E-state index is 0.102. The smallest absolute Gasteiger partial charge is 0.420 e. The fourth-order valence-corrected chi connectivity index (χ4v) is 6.34. The standard InChI is InChI=1S/C25H22F9NO5S/c1-22(28,29)7-6-13-10-35(15-4-2-14(26)3-5-15)17-8-16(25(32,33)34)18(9-19(17)41(38,39)20(13)27)40-12-23(21(36)37)11-24(23,30)31/h2-5,8-9,13,20H,6-7,10-12H2,1H3,(H,36,37)/t13-,20+,23-/m1/s1. The largest absolute Gasteiger partial charge is 0.491 e. The molecule has 0 saturated heterocycles. The molecule has 0 radical (unpaired) electrons. The lowest BCUT2D eigenvalue weighted by Gasteiger charge is -2.29. The van der Waals surface area contributed by atoms with E-state index >= 15 is 4.39 Å². The summed E-state index contributed by atoms with van der Waals surface area (Å²) in [5.41, 5.74) is -8.31. The van der Waals surface area contributed by atoms with Crippen LogP contribution in [0.4, 0.5) is 50.9 Å². The number of nitrogens with zero attached hydrogens (tertiary/aromatic N) is 1. The van der Waals surface area contributed by atoms with Gasteiger partial charge in [-0.2, -0.15) is 13.2 Å². The van der Waals surface area contributed by atoms with Gasteiger partial charge >= 0.3 is 12.1 Å². The predicted octanol–water partition coefficient (Wildman–Crippen LogP) is 6.61. The molecule has 3 atom stereocenters. The molecule has 226 valence electrons. The highest BCUT2D eigenvalue weighted by atomic mass is 32.2. The number of aliphatic carboxylic acids is 1. The number of benzene rings is 2. The van der Waals surface area contributed by atoms with E-state index in [1.807, 2.05) is 0 Å². The highest BCUT2D eigenvalue weighted by molar-refractivity contribution is 7.92. The molecule has 41 heavy (non-hydrogen) atoms. The molecule has 1 aliphatic heterocycles. The van der Waals surface area contributed by atoms with Crippen LogP contribution in [-0.2, 0) is 20.8 Å². The van der Waals surface area contributed by atoms with E-state index in [2.05, 4.69) is 0 Å². The minimum Gasteiger partial charge on any atom is -0.491 e. The zero-order chi connectivity index (χ0) is 30.8. The van der Waals surface area contributed by atoms with Crippen LogP contribution < -0.4 is 9.64 Å². The molecule has 2 aromatic carbocycles. The number of halogens is 9. The van der Waals surface area contributed by atoms with Gasteiger partial charge in [-0.25, -0.2) is 34.8 Å². The lowest BCUT2D eigenvalue weighted by Crippen LogP contribution is -2.32. The van der Waals surface area contributed by atoms with E-state index in [0.717, 1.165) is 29.2 Å². The first-order chi connectivity index (χ1) is 18.7. The van der Waals surface area contributed by atoms with Crippen molar-refractivity contribution in [1.82, 2.24) is 0 Å². The number of carbonyl (C=O) groups is 1. The first-order valence-corrected chi connectivity index (χ1v) is 13.5. The fourth-order valence-electron chi connectivity index (χ4n) is 4.63. The predicted molar refractivity (Wildman–Crippen MR) is 125 cm³/mol. The molecule has 1 N–H and O–H groups in total. The Morgan fingerprint density at radius 3 is 2.20 bits per heavy atom. The molecule has 1 aliphatic carbocycles. The fraction of sp³-hybridized carbons (Fsp3) is 0.480. The van der Waals surface area contributed by atoms with Gasteiger partial charge in [0.25, 0.3) is 5.92 Å². The number of anilines is 2. The monoisotopic (exact) mass is 619 g/mol. The summed E-state index contributed by atoms with van der Waals surface area (Å²) in [6, 6.07) is 4.40. The molecule has 0 aromatic heterocycles. The normalized spacial score (nSPS) is 25.3. The molecule has 0 amide bonds. The van der Waals surface area contributed by atoms with Gasteiger partial charge in [-0.15, -0.1) is 0 Å². The van der Waals surface area contributed by atoms with Crippen molar-refractivity contribution in [2.24, 2.45) is 11.3 Å². The number of alkyl halides is 8. The SMILES string of the molecule is CC(F)(F)CC[C@@H]1CN(c2ccc(F)cc2)c2cc(C(F)(F)F)c(OC[C@@]3(C(=O)O)CC3(F)F)cc2S(=O)(=O)[C@@H]1F. The molecule has 0 spiro atoms. The van der Waals surface area contributed by atoms with Crippen molar-refractivity contribution in [2.45, 2.75) is 54.6 Å². The second-order valence-electron chi connectivity index (χ2n) is 10.2. The Morgan fingerprint density at radius 2 is 1.71 bits per heavy atom. The second-order valence-corrected chi connectivity index (χ2v) is 12.2. The van der Waals surface area contributed by atoms with Crippen molar-refractivity contribution in [3.05, 3.63) is 47.8 Å². The molecular weight excluding hydrogens is 597 g/mol.